The number of benzene rings is 2. The van der Waals surface area contributed by atoms with E-state index in [2.05, 4.69) is 21.2 Å². The SMILES string of the molecule is CC1=NOC(c2ccc(-c3cnc4cnc(C(=O)N(C)c5ccc(C#N)cc5)cn34)cc2)N1C. The predicted octanol–water partition coefficient (Wildman–Crippen LogP) is 3.84. The highest BCUT2D eigenvalue weighted by Crippen LogP contribution is 2.29. The average molecular weight is 451 g/mol. The van der Waals surface area contributed by atoms with Crippen molar-refractivity contribution in [3.05, 3.63) is 83.9 Å². The molecule has 9 heteroatoms. The molecule has 1 atom stereocenters. The molecule has 0 radical (unpaired) electrons. The molecule has 4 aromatic rings. The number of anilines is 1. The Labute approximate surface area is 196 Å². The summed E-state index contributed by atoms with van der Waals surface area (Å²) in [5, 5.41) is 13.0. The zero-order valence-electron chi connectivity index (χ0n) is 18.9. The number of imidazole rings is 1. The molecule has 5 rings (SSSR count). The first-order valence-corrected chi connectivity index (χ1v) is 10.6. The summed E-state index contributed by atoms with van der Waals surface area (Å²) >= 11 is 0. The van der Waals surface area contributed by atoms with E-state index < -0.39 is 0 Å². The molecule has 0 saturated heterocycles. The minimum atomic E-state index is -0.265. The van der Waals surface area contributed by atoms with Crippen molar-refractivity contribution in [3.8, 4) is 17.3 Å². The standard InChI is InChI=1S/C25H21N7O2/c1-16-29-34-25(30(16)2)19-8-6-18(7-9-19)22-13-28-23-14-27-21(15-32(22)23)24(33)31(3)20-10-4-17(12-26)5-11-20/h4-11,13-15,25H,1-3H3. The molecular weight excluding hydrogens is 430 g/mol. The molecule has 0 N–H and O–H groups in total. The monoisotopic (exact) mass is 451 g/mol. The topological polar surface area (TPSA) is 99.1 Å². The van der Waals surface area contributed by atoms with E-state index in [0.29, 0.717) is 16.9 Å². The van der Waals surface area contributed by atoms with Crippen LogP contribution in [0.4, 0.5) is 5.69 Å². The van der Waals surface area contributed by atoms with Crippen molar-refractivity contribution in [1.29, 1.82) is 5.26 Å². The number of nitrogens with zero attached hydrogens (tertiary/aromatic N) is 7. The van der Waals surface area contributed by atoms with Crippen molar-refractivity contribution in [2.24, 2.45) is 5.16 Å². The highest BCUT2D eigenvalue weighted by atomic mass is 16.7. The van der Waals surface area contributed by atoms with Crippen LogP contribution in [0.25, 0.3) is 16.9 Å². The molecule has 0 bridgehead atoms. The van der Waals surface area contributed by atoms with Crippen molar-refractivity contribution in [3.63, 3.8) is 0 Å². The second-order valence-electron chi connectivity index (χ2n) is 8.00. The van der Waals surface area contributed by atoms with Gasteiger partial charge in [0.2, 0.25) is 6.23 Å². The van der Waals surface area contributed by atoms with Crippen LogP contribution in [0.3, 0.4) is 0 Å². The fraction of sp³-hybridized carbons (Fsp3) is 0.160. The summed E-state index contributed by atoms with van der Waals surface area (Å²) in [4.78, 5) is 30.8. The van der Waals surface area contributed by atoms with E-state index in [1.807, 2.05) is 47.5 Å². The van der Waals surface area contributed by atoms with Gasteiger partial charge in [0.05, 0.1) is 29.7 Å². The molecule has 1 unspecified atom stereocenters. The molecule has 1 amide bonds. The van der Waals surface area contributed by atoms with E-state index in [9.17, 15) is 4.79 Å². The summed E-state index contributed by atoms with van der Waals surface area (Å²) in [6.07, 6.45) is 4.79. The van der Waals surface area contributed by atoms with Crippen molar-refractivity contribution < 1.29 is 9.63 Å². The highest BCUT2D eigenvalue weighted by molar-refractivity contribution is 6.04. The third-order valence-corrected chi connectivity index (χ3v) is 5.94. The number of hydrogen-bond donors (Lipinski definition) is 0. The molecule has 34 heavy (non-hydrogen) atoms. The van der Waals surface area contributed by atoms with Crippen LogP contribution < -0.4 is 4.90 Å². The summed E-state index contributed by atoms with van der Waals surface area (Å²) < 4.78 is 1.85. The Morgan fingerprint density at radius 1 is 1.09 bits per heavy atom. The number of fused-ring (bicyclic) bond motifs is 1. The second-order valence-corrected chi connectivity index (χ2v) is 8.00. The molecule has 1 aliphatic rings. The van der Waals surface area contributed by atoms with Gasteiger partial charge in [0.1, 0.15) is 11.5 Å². The van der Waals surface area contributed by atoms with Crippen LogP contribution in [0.5, 0.6) is 0 Å². The number of amidine groups is 1. The molecule has 3 heterocycles. The summed E-state index contributed by atoms with van der Waals surface area (Å²) in [7, 11) is 3.62. The van der Waals surface area contributed by atoms with Crippen LogP contribution in [-0.4, -0.2) is 45.1 Å². The first-order chi connectivity index (χ1) is 16.5. The quantitative estimate of drug-likeness (QED) is 0.468. The van der Waals surface area contributed by atoms with Gasteiger partial charge in [-0.3, -0.25) is 9.20 Å². The Morgan fingerprint density at radius 3 is 2.47 bits per heavy atom. The van der Waals surface area contributed by atoms with Crippen molar-refractivity contribution >= 4 is 23.1 Å². The maximum atomic E-state index is 13.1. The number of carbonyl (C=O) groups is 1. The maximum absolute atomic E-state index is 13.1. The van der Waals surface area contributed by atoms with Crippen molar-refractivity contribution in [2.75, 3.05) is 19.0 Å². The number of amides is 1. The fourth-order valence-corrected chi connectivity index (χ4v) is 3.80. The van der Waals surface area contributed by atoms with E-state index in [4.69, 9.17) is 10.1 Å². The molecule has 0 aliphatic carbocycles. The molecule has 9 nitrogen and oxygen atoms in total. The Balaban J connectivity index is 1.43. The van der Waals surface area contributed by atoms with Gasteiger partial charge in [0.25, 0.3) is 5.91 Å². The smallest absolute Gasteiger partial charge is 0.278 e. The zero-order valence-corrected chi connectivity index (χ0v) is 18.9. The van der Waals surface area contributed by atoms with E-state index >= 15 is 0 Å². The van der Waals surface area contributed by atoms with E-state index in [0.717, 1.165) is 22.7 Å². The largest absolute Gasteiger partial charge is 0.364 e. The minimum absolute atomic E-state index is 0.248. The van der Waals surface area contributed by atoms with Gasteiger partial charge in [-0.1, -0.05) is 29.4 Å². The average Bonchev–Trinajstić information content (AvgIpc) is 3.45. The Morgan fingerprint density at radius 2 is 1.82 bits per heavy atom. The van der Waals surface area contributed by atoms with Gasteiger partial charge >= 0.3 is 0 Å². The second kappa shape index (κ2) is 8.33. The molecule has 1 aliphatic heterocycles. The Bertz CT molecular complexity index is 1450. The maximum Gasteiger partial charge on any atom is 0.278 e. The Hall–Kier alpha value is -4.71. The molecule has 2 aromatic heterocycles. The van der Waals surface area contributed by atoms with Crippen molar-refractivity contribution in [1.82, 2.24) is 19.3 Å². The summed E-state index contributed by atoms with van der Waals surface area (Å²) in [6.45, 7) is 1.90. The highest BCUT2D eigenvalue weighted by Gasteiger charge is 2.25. The number of oxime groups is 1. The number of hydrogen-bond acceptors (Lipinski definition) is 7. The first kappa shape index (κ1) is 21.2. The Kier molecular flexibility index (Phi) is 5.18. The van der Waals surface area contributed by atoms with Gasteiger partial charge in [0.15, 0.2) is 5.65 Å². The van der Waals surface area contributed by atoms with Crippen LogP contribution >= 0.6 is 0 Å². The van der Waals surface area contributed by atoms with Gasteiger partial charge in [-0.2, -0.15) is 5.26 Å². The van der Waals surface area contributed by atoms with Crippen LogP contribution in [0, 0.1) is 11.3 Å². The van der Waals surface area contributed by atoms with Gasteiger partial charge in [0, 0.05) is 37.1 Å². The molecular formula is C25H21N7O2. The summed E-state index contributed by atoms with van der Waals surface area (Å²) in [6, 6.07) is 16.9. The number of rotatable bonds is 4. The van der Waals surface area contributed by atoms with Gasteiger partial charge in [-0.25, -0.2) is 9.97 Å². The fourth-order valence-electron chi connectivity index (χ4n) is 3.80. The lowest BCUT2D eigenvalue weighted by Gasteiger charge is -2.19. The van der Waals surface area contributed by atoms with Crippen LogP contribution in [0.15, 0.2) is 72.3 Å². The third-order valence-electron chi connectivity index (χ3n) is 5.94. The molecule has 0 fully saturated rings. The molecule has 2 aromatic carbocycles. The first-order valence-electron chi connectivity index (χ1n) is 10.6. The normalized spacial score (nSPS) is 15.1. The lowest BCUT2D eigenvalue weighted by molar-refractivity contribution is 0.0190. The number of aromatic nitrogens is 3. The van der Waals surface area contributed by atoms with E-state index in [1.54, 1.807) is 49.9 Å². The summed E-state index contributed by atoms with van der Waals surface area (Å²) in [5.41, 5.74) is 4.90. The van der Waals surface area contributed by atoms with Crippen molar-refractivity contribution in [2.45, 2.75) is 13.2 Å². The third kappa shape index (κ3) is 3.61. The van der Waals surface area contributed by atoms with Crippen LogP contribution in [-0.2, 0) is 4.84 Å². The molecule has 0 saturated carbocycles. The van der Waals surface area contributed by atoms with Gasteiger partial charge < -0.3 is 14.6 Å². The molecule has 0 spiro atoms. The number of nitriles is 1. The lowest BCUT2D eigenvalue weighted by Crippen LogP contribution is -2.27. The van der Waals surface area contributed by atoms with Gasteiger partial charge in [-0.05, 0) is 31.2 Å². The zero-order chi connectivity index (χ0) is 23.8. The number of carbonyl (C=O) groups excluding carboxylic acids is 1. The van der Waals surface area contributed by atoms with Crippen LogP contribution in [0.1, 0.15) is 34.8 Å². The van der Waals surface area contributed by atoms with E-state index in [1.165, 1.54) is 4.90 Å². The van der Waals surface area contributed by atoms with E-state index in [-0.39, 0.29) is 17.8 Å². The predicted molar refractivity (Wildman–Crippen MR) is 127 cm³/mol. The molecule has 168 valence electrons. The van der Waals surface area contributed by atoms with Crippen LogP contribution in [0.2, 0.25) is 0 Å². The van der Waals surface area contributed by atoms with Gasteiger partial charge in [-0.15, -0.1) is 0 Å². The lowest BCUT2D eigenvalue weighted by atomic mass is 10.1. The minimum Gasteiger partial charge on any atom is -0.364 e. The summed E-state index contributed by atoms with van der Waals surface area (Å²) in [5.74, 6) is 0.560.